The maximum absolute atomic E-state index is 13.8. The van der Waals surface area contributed by atoms with E-state index in [1.807, 2.05) is 41.9 Å². The van der Waals surface area contributed by atoms with E-state index < -0.39 is 17.5 Å². The third kappa shape index (κ3) is 3.46. The summed E-state index contributed by atoms with van der Waals surface area (Å²) in [6, 6.07) is 14.7. The van der Waals surface area contributed by atoms with Gasteiger partial charge in [0.25, 0.3) is 5.91 Å². The SMILES string of the molecule is Cc1nn(Cc2ccccc2)c2sc(C(=O)Nc3ccc(F)cc3F)cc12. The third-order valence-corrected chi connectivity index (χ3v) is 5.33. The largest absolute Gasteiger partial charge is 0.319 e. The standard InChI is InChI=1S/C20H15F2N3OS/c1-12-15-10-18(19(26)23-17-8-7-14(21)9-16(17)22)27-20(15)25(24-12)11-13-5-3-2-4-6-13/h2-10H,11H2,1H3,(H,23,26). The van der Waals surface area contributed by atoms with Gasteiger partial charge in [0.1, 0.15) is 16.5 Å². The van der Waals surface area contributed by atoms with Crippen molar-refractivity contribution in [2.45, 2.75) is 13.5 Å². The van der Waals surface area contributed by atoms with Gasteiger partial charge in [0, 0.05) is 11.5 Å². The number of hydrogen-bond acceptors (Lipinski definition) is 3. The summed E-state index contributed by atoms with van der Waals surface area (Å²) < 4.78 is 28.7. The highest BCUT2D eigenvalue weighted by molar-refractivity contribution is 7.20. The number of rotatable bonds is 4. The van der Waals surface area contributed by atoms with E-state index in [1.54, 1.807) is 6.07 Å². The molecule has 4 nitrogen and oxygen atoms in total. The molecule has 0 atom stereocenters. The van der Waals surface area contributed by atoms with Gasteiger partial charge in [-0.2, -0.15) is 5.10 Å². The lowest BCUT2D eigenvalue weighted by Crippen LogP contribution is -2.11. The third-order valence-electron chi connectivity index (χ3n) is 4.19. The number of carbonyl (C=O) groups excluding carboxylic acids is 1. The number of fused-ring (bicyclic) bond motifs is 1. The molecule has 2 aromatic heterocycles. The highest BCUT2D eigenvalue weighted by Crippen LogP contribution is 2.29. The topological polar surface area (TPSA) is 46.9 Å². The van der Waals surface area contributed by atoms with Crippen molar-refractivity contribution < 1.29 is 13.6 Å². The molecule has 0 spiro atoms. The maximum atomic E-state index is 13.8. The summed E-state index contributed by atoms with van der Waals surface area (Å²) in [7, 11) is 0. The van der Waals surface area contributed by atoms with Gasteiger partial charge in [-0.1, -0.05) is 30.3 Å². The number of halogens is 2. The Morgan fingerprint density at radius 2 is 1.93 bits per heavy atom. The van der Waals surface area contributed by atoms with Crippen LogP contribution in [0.5, 0.6) is 0 Å². The van der Waals surface area contributed by atoms with Crippen molar-refractivity contribution in [1.82, 2.24) is 9.78 Å². The first-order valence-corrected chi connectivity index (χ1v) is 9.10. The van der Waals surface area contributed by atoms with Crippen LogP contribution in [0.3, 0.4) is 0 Å². The zero-order valence-corrected chi connectivity index (χ0v) is 15.2. The van der Waals surface area contributed by atoms with Crippen molar-refractivity contribution in [2.75, 3.05) is 5.32 Å². The van der Waals surface area contributed by atoms with Gasteiger partial charge in [0.2, 0.25) is 0 Å². The van der Waals surface area contributed by atoms with Gasteiger partial charge in [-0.15, -0.1) is 11.3 Å². The molecule has 0 saturated heterocycles. The molecule has 0 saturated carbocycles. The zero-order chi connectivity index (χ0) is 19.0. The Morgan fingerprint density at radius 3 is 2.67 bits per heavy atom. The number of carbonyl (C=O) groups is 1. The van der Waals surface area contributed by atoms with Crippen LogP contribution in [0.1, 0.15) is 20.9 Å². The monoisotopic (exact) mass is 383 g/mol. The Bertz CT molecular complexity index is 1140. The van der Waals surface area contributed by atoms with E-state index in [-0.39, 0.29) is 5.69 Å². The lowest BCUT2D eigenvalue weighted by atomic mass is 10.2. The number of thiophene rings is 1. The van der Waals surface area contributed by atoms with E-state index in [0.717, 1.165) is 33.6 Å². The Hall–Kier alpha value is -3.06. The van der Waals surface area contributed by atoms with E-state index in [1.165, 1.54) is 17.4 Å². The molecular weight excluding hydrogens is 368 g/mol. The summed E-state index contributed by atoms with van der Waals surface area (Å²) in [6.07, 6.45) is 0. The van der Waals surface area contributed by atoms with E-state index in [2.05, 4.69) is 10.4 Å². The molecule has 0 bridgehead atoms. The molecule has 136 valence electrons. The van der Waals surface area contributed by atoms with Crippen molar-refractivity contribution in [2.24, 2.45) is 0 Å². The van der Waals surface area contributed by atoms with Crippen LogP contribution >= 0.6 is 11.3 Å². The molecule has 0 aliphatic carbocycles. The summed E-state index contributed by atoms with van der Waals surface area (Å²) in [5, 5.41) is 7.93. The minimum absolute atomic E-state index is 0.0542. The number of hydrogen-bond donors (Lipinski definition) is 1. The highest BCUT2D eigenvalue weighted by atomic mass is 32.1. The molecule has 4 rings (SSSR count). The number of anilines is 1. The van der Waals surface area contributed by atoms with Crippen LogP contribution in [0.15, 0.2) is 54.6 Å². The van der Waals surface area contributed by atoms with E-state index in [4.69, 9.17) is 0 Å². The average Bonchev–Trinajstić information content (AvgIpc) is 3.20. The summed E-state index contributed by atoms with van der Waals surface area (Å²) in [5.74, 6) is -1.94. The minimum atomic E-state index is -0.809. The Labute approximate surface area is 158 Å². The molecule has 2 aromatic carbocycles. The van der Waals surface area contributed by atoms with Crippen LogP contribution in [0.2, 0.25) is 0 Å². The minimum Gasteiger partial charge on any atom is -0.319 e. The lowest BCUT2D eigenvalue weighted by molar-refractivity contribution is 0.103. The predicted octanol–water partition coefficient (Wildman–Crippen LogP) is 4.99. The van der Waals surface area contributed by atoms with Crippen LogP contribution in [-0.2, 0) is 6.54 Å². The smallest absolute Gasteiger partial charge is 0.265 e. The quantitative estimate of drug-likeness (QED) is 0.540. The number of nitrogens with zero attached hydrogens (tertiary/aromatic N) is 2. The van der Waals surface area contributed by atoms with Gasteiger partial charge in [0.15, 0.2) is 0 Å². The first-order valence-electron chi connectivity index (χ1n) is 8.28. The van der Waals surface area contributed by atoms with Crippen LogP contribution in [-0.4, -0.2) is 15.7 Å². The summed E-state index contributed by atoms with van der Waals surface area (Å²) >= 11 is 1.29. The van der Waals surface area contributed by atoms with E-state index in [0.29, 0.717) is 11.4 Å². The average molecular weight is 383 g/mol. The van der Waals surface area contributed by atoms with Crippen LogP contribution in [0, 0.1) is 18.6 Å². The Kier molecular flexibility index (Phi) is 4.45. The van der Waals surface area contributed by atoms with E-state index >= 15 is 0 Å². The van der Waals surface area contributed by atoms with Gasteiger partial charge in [-0.25, -0.2) is 8.78 Å². The molecule has 0 aliphatic rings. The van der Waals surface area contributed by atoms with Crippen molar-refractivity contribution in [3.05, 3.63) is 82.4 Å². The first-order chi connectivity index (χ1) is 13.0. The van der Waals surface area contributed by atoms with Crippen molar-refractivity contribution >= 4 is 33.1 Å². The molecule has 27 heavy (non-hydrogen) atoms. The van der Waals surface area contributed by atoms with Crippen molar-refractivity contribution in [1.29, 1.82) is 0 Å². The molecule has 2 heterocycles. The fourth-order valence-corrected chi connectivity index (χ4v) is 3.92. The second-order valence-corrected chi connectivity index (χ2v) is 7.17. The fourth-order valence-electron chi connectivity index (χ4n) is 2.86. The van der Waals surface area contributed by atoms with Gasteiger partial charge in [-0.05, 0) is 30.7 Å². The molecular formula is C20H15F2N3OS. The predicted molar refractivity (Wildman–Crippen MR) is 102 cm³/mol. The second kappa shape index (κ2) is 6.92. The number of aromatic nitrogens is 2. The van der Waals surface area contributed by atoms with Crippen molar-refractivity contribution in [3.8, 4) is 0 Å². The van der Waals surface area contributed by atoms with Gasteiger partial charge in [-0.3, -0.25) is 9.48 Å². The molecule has 0 radical (unpaired) electrons. The first kappa shape index (κ1) is 17.4. The number of nitrogens with one attached hydrogen (secondary N) is 1. The number of amides is 1. The lowest BCUT2D eigenvalue weighted by Gasteiger charge is -2.05. The molecule has 7 heteroatoms. The van der Waals surface area contributed by atoms with Crippen LogP contribution in [0.4, 0.5) is 14.5 Å². The van der Waals surface area contributed by atoms with Gasteiger partial charge in [0.05, 0.1) is 22.8 Å². The number of benzene rings is 2. The molecule has 1 N–H and O–H groups in total. The van der Waals surface area contributed by atoms with Gasteiger partial charge < -0.3 is 5.32 Å². The Balaban J connectivity index is 1.63. The van der Waals surface area contributed by atoms with Crippen molar-refractivity contribution in [3.63, 3.8) is 0 Å². The van der Waals surface area contributed by atoms with Crippen LogP contribution < -0.4 is 5.32 Å². The zero-order valence-electron chi connectivity index (χ0n) is 14.4. The summed E-state index contributed by atoms with van der Waals surface area (Å²) in [4.78, 5) is 13.8. The van der Waals surface area contributed by atoms with Crippen LogP contribution in [0.25, 0.3) is 10.2 Å². The fraction of sp³-hybridized carbons (Fsp3) is 0.100. The molecule has 0 aliphatic heterocycles. The molecule has 4 aromatic rings. The number of aryl methyl sites for hydroxylation is 1. The maximum Gasteiger partial charge on any atom is 0.265 e. The van der Waals surface area contributed by atoms with Gasteiger partial charge >= 0.3 is 0 Å². The second-order valence-electron chi connectivity index (χ2n) is 6.14. The molecule has 0 fully saturated rings. The summed E-state index contributed by atoms with van der Waals surface area (Å²) in [6.45, 7) is 2.48. The normalized spacial score (nSPS) is 11.1. The summed E-state index contributed by atoms with van der Waals surface area (Å²) in [5.41, 5.74) is 1.88. The van der Waals surface area contributed by atoms with E-state index in [9.17, 15) is 13.6 Å². The molecule has 0 unspecified atom stereocenters. The Morgan fingerprint density at radius 1 is 1.15 bits per heavy atom. The molecule has 1 amide bonds. The highest BCUT2D eigenvalue weighted by Gasteiger charge is 2.17.